The average molecular weight is 753 g/mol. The van der Waals surface area contributed by atoms with Gasteiger partial charge < -0.3 is 13.9 Å². The number of para-hydroxylation sites is 4. The minimum absolute atomic E-state index is 0.906. The molecule has 0 unspecified atom stereocenters. The van der Waals surface area contributed by atoms with E-state index in [1.54, 1.807) is 0 Å². The maximum absolute atomic E-state index is 6.44. The zero-order chi connectivity index (χ0) is 38.9. The number of anilines is 3. The predicted octanol–water partition coefficient (Wildman–Crippen LogP) is 15.8. The van der Waals surface area contributed by atoms with Gasteiger partial charge in [0.2, 0.25) is 0 Å². The first-order valence-corrected chi connectivity index (χ1v) is 20.2. The van der Waals surface area contributed by atoms with E-state index < -0.39 is 0 Å². The van der Waals surface area contributed by atoms with Crippen molar-refractivity contribution in [3.05, 3.63) is 218 Å². The van der Waals surface area contributed by atoms with Crippen LogP contribution in [-0.2, 0) is 0 Å². The van der Waals surface area contributed by atoms with Crippen molar-refractivity contribution < 1.29 is 4.42 Å². The molecular weight excluding hydrogens is 717 g/mol. The molecular formula is C56H36N2O. The lowest BCUT2D eigenvalue weighted by atomic mass is 9.98. The summed E-state index contributed by atoms with van der Waals surface area (Å²) in [7, 11) is 0. The summed E-state index contributed by atoms with van der Waals surface area (Å²) in [6.07, 6.45) is 0. The monoisotopic (exact) mass is 752 g/mol. The molecule has 0 radical (unpaired) electrons. The van der Waals surface area contributed by atoms with Crippen LogP contribution in [-0.4, -0.2) is 4.57 Å². The van der Waals surface area contributed by atoms with Crippen molar-refractivity contribution in [2.75, 3.05) is 4.90 Å². The number of hydrogen-bond acceptors (Lipinski definition) is 2. The van der Waals surface area contributed by atoms with Gasteiger partial charge in [0.15, 0.2) is 0 Å². The molecule has 2 heterocycles. The molecule has 10 aromatic carbocycles. The number of nitrogens with zero attached hydrogens (tertiary/aromatic N) is 2. The fourth-order valence-electron chi connectivity index (χ4n) is 9.25. The van der Waals surface area contributed by atoms with E-state index in [0.29, 0.717) is 0 Å². The molecule has 0 N–H and O–H groups in total. The Morgan fingerprint density at radius 2 is 0.915 bits per heavy atom. The van der Waals surface area contributed by atoms with Gasteiger partial charge in [-0.15, -0.1) is 0 Å². The molecule has 3 heteroatoms. The molecule has 0 aliphatic rings. The van der Waals surface area contributed by atoms with Crippen LogP contribution in [0.3, 0.4) is 0 Å². The quantitative estimate of drug-likeness (QED) is 0.158. The Morgan fingerprint density at radius 3 is 1.71 bits per heavy atom. The standard InChI is InChI=1S/C56H36N2O/c1-2-13-41(14-3-1)58-52-21-8-6-17-50(52)55-46(18-11-22-53(55)58)38-26-31-42(32-27-38)57(44-35-30-40-25-24-37-12-4-5-15-45(37)51(40)36-44)43-33-28-39(29-34-43)47-19-10-20-49-48-16-7-9-23-54(48)59-56(47)49/h1-36H. The highest BCUT2D eigenvalue weighted by Gasteiger charge is 2.19. The molecule has 0 fully saturated rings. The predicted molar refractivity (Wildman–Crippen MR) is 249 cm³/mol. The first-order valence-electron chi connectivity index (χ1n) is 20.2. The molecule has 59 heavy (non-hydrogen) atoms. The van der Waals surface area contributed by atoms with E-state index in [2.05, 4.69) is 216 Å². The second kappa shape index (κ2) is 13.4. The minimum Gasteiger partial charge on any atom is -0.455 e. The van der Waals surface area contributed by atoms with Crippen LogP contribution in [0.1, 0.15) is 0 Å². The van der Waals surface area contributed by atoms with E-state index in [1.165, 1.54) is 54.5 Å². The van der Waals surface area contributed by atoms with Crippen LogP contribution in [0.25, 0.3) is 93.2 Å². The second-order valence-electron chi connectivity index (χ2n) is 15.3. The van der Waals surface area contributed by atoms with Gasteiger partial charge in [-0.1, -0.05) is 152 Å². The third-order valence-electron chi connectivity index (χ3n) is 12.0. The van der Waals surface area contributed by atoms with Crippen LogP contribution >= 0.6 is 0 Å². The van der Waals surface area contributed by atoms with Crippen LogP contribution in [0.5, 0.6) is 0 Å². The Balaban J connectivity index is 1.00. The Bertz CT molecular complexity index is 3540. The average Bonchev–Trinajstić information content (AvgIpc) is 3.86. The maximum Gasteiger partial charge on any atom is 0.143 e. The molecule has 0 aliphatic carbocycles. The van der Waals surface area contributed by atoms with E-state index >= 15 is 0 Å². The maximum atomic E-state index is 6.44. The smallest absolute Gasteiger partial charge is 0.143 e. The van der Waals surface area contributed by atoms with Crippen LogP contribution in [0.15, 0.2) is 223 Å². The van der Waals surface area contributed by atoms with Gasteiger partial charge >= 0.3 is 0 Å². The van der Waals surface area contributed by atoms with Gasteiger partial charge in [0.05, 0.1) is 11.0 Å². The van der Waals surface area contributed by atoms with Crippen molar-refractivity contribution >= 4 is 82.4 Å². The molecule has 12 aromatic rings. The van der Waals surface area contributed by atoms with Crippen molar-refractivity contribution in [3.8, 4) is 27.9 Å². The topological polar surface area (TPSA) is 21.3 Å². The summed E-state index contributed by atoms with van der Waals surface area (Å²) in [5.74, 6) is 0. The van der Waals surface area contributed by atoms with Crippen LogP contribution in [0.2, 0.25) is 0 Å². The third-order valence-corrected chi connectivity index (χ3v) is 12.0. The molecule has 0 aliphatic heterocycles. The third kappa shape index (κ3) is 5.36. The van der Waals surface area contributed by atoms with Crippen molar-refractivity contribution in [2.24, 2.45) is 0 Å². The largest absolute Gasteiger partial charge is 0.455 e. The molecule has 0 saturated heterocycles. The lowest BCUT2D eigenvalue weighted by molar-refractivity contribution is 0.670. The molecule has 0 spiro atoms. The van der Waals surface area contributed by atoms with Gasteiger partial charge in [0.25, 0.3) is 0 Å². The summed E-state index contributed by atoms with van der Waals surface area (Å²) in [6, 6.07) is 78.7. The minimum atomic E-state index is 0.906. The van der Waals surface area contributed by atoms with E-state index in [-0.39, 0.29) is 0 Å². The fraction of sp³-hybridized carbons (Fsp3) is 0. The first-order chi connectivity index (χ1) is 29.3. The summed E-state index contributed by atoms with van der Waals surface area (Å²) >= 11 is 0. The summed E-state index contributed by atoms with van der Waals surface area (Å²) in [6.45, 7) is 0. The Morgan fingerprint density at radius 1 is 0.356 bits per heavy atom. The summed E-state index contributed by atoms with van der Waals surface area (Å²) in [5, 5.41) is 9.71. The number of aromatic nitrogens is 1. The van der Waals surface area contributed by atoms with Crippen LogP contribution in [0.4, 0.5) is 17.1 Å². The van der Waals surface area contributed by atoms with Crippen molar-refractivity contribution in [3.63, 3.8) is 0 Å². The van der Waals surface area contributed by atoms with Gasteiger partial charge in [-0.3, -0.25) is 0 Å². The van der Waals surface area contributed by atoms with Crippen molar-refractivity contribution in [1.82, 2.24) is 4.57 Å². The molecule has 0 saturated carbocycles. The zero-order valence-corrected chi connectivity index (χ0v) is 32.1. The van der Waals surface area contributed by atoms with Gasteiger partial charge in [0, 0.05) is 49.9 Å². The molecule has 0 atom stereocenters. The molecule has 0 amide bonds. The number of hydrogen-bond donors (Lipinski definition) is 0. The summed E-state index contributed by atoms with van der Waals surface area (Å²) in [4.78, 5) is 2.37. The molecule has 276 valence electrons. The van der Waals surface area contributed by atoms with E-state index in [0.717, 1.165) is 55.8 Å². The van der Waals surface area contributed by atoms with Crippen molar-refractivity contribution in [2.45, 2.75) is 0 Å². The van der Waals surface area contributed by atoms with E-state index in [1.807, 2.05) is 12.1 Å². The molecule has 0 bridgehead atoms. The Labute approximate surface area is 341 Å². The Hall–Kier alpha value is -7.88. The lowest BCUT2D eigenvalue weighted by Gasteiger charge is -2.26. The SMILES string of the molecule is c1ccc(-n2c3ccccc3c3c(-c4ccc(N(c5ccc(-c6cccc7c6oc6ccccc67)cc5)c5ccc6ccc7ccccc7c6c5)cc4)cccc32)cc1. The van der Waals surface area contributed by atoms with E-state index in [9.17, 15) is 0 Å². The number of rotatable bonds is 6. The summed E-state index contributed by atoms with van der Waals surface area (Å²) in [5.41, 5.74) is 13.2. The highest BCUT2D eigenvalue weighted by molar-refractivity contribution is 6.16. The van der Waals surface area contributed by atoms with E-state index in [4.69, 9.17) is 4.42 Å². The number of benzene rings is 10. The summed E-state index contributed by atoms with van der Waals surface area (Å²) < 4.78 is 8.82. The number of furan rings is 1. The molecule has 12 rings (SSSR count). The molecule has 3 nitrogen and oxygen atoms in total. The highest BCUT2D eigenvalue weighted by Crippen LogP contribution is 2.43. The van der Waals surface area contributed by atoms with Gasteiger partial charge in [-0.2, -0.15) is 0 Å². The Kier molecular flexibility index (Phi) is 7.54. The second-order valence-corrected chi connectivity index (χ2v) is 15.3. The van der Waals surface area contributed by atoms with Gasteiger partial charge in [-0.05, 0) is 105 Å². The van der Waals surface area contributed by atoms with Crippen LogP contribution in [0, 0.1) is 0 Å². The first kappa shape index (κ1) is 33.3. The van der Waals surface area contributed by atoms with Crippen LogP contribution < -0.4 is 4.90 Å². The van der Waals surface area contributed by atoms with Gasteiger partial charge in [0.1, 0.15) is 11.2 Å². The van der Waals surface area contributed by atoms with Gasteiger partial charge in [-0.25, -0.2) is 0 Å². The lowest BCUT2D eigenvalue weighted by Crippen LogP contribution is -2.10. The zero-order valence-electron chi connectivity index (χ0n) is 32.1. The highest BCUT2D eigenvalue weighted by atomic mass is 16.3. The number of fused-ring (bicyclic) bond motifs is 9. The van der Waals surface area contributed by atoms with Crippen molar-refractivity contribution in [1.29, 1.82) is 0 Å². The fourth-order valence-corrected chi connectivity index (χ4v) is 9.25. The normalized spacial score (nSPS) is 11.7. The molecule has 2 aromatic heterocycles.